The Hall–Kier alpha value is -1.02. The molecule has 0 radical (unpaired) electrons. The van der Waals surface area contributed by atoms with Crippen molar-refractivity contribution in [1.29, 1.82) is 0 Å². The van der Waals surface area contributed by atoms with Crippen molar-refractivity contribution in [2.75, 3.05) is 0 Å². The summed E-state index contributed by atoms with van der Waals surface area (Å²) in [7, 11) is 0. The second-order valence-corrected chi connectivity index (χ2v) is 5.22. The summed E-state index contributed by atoms with van der Waals surface area (Å²) in [5.41, 5.74) is 0.207. The van der Waals surface area contributed by atoms with Crippen LogP contribution < -0.4 is 0 Å². The number of aliphatic carboxylic acids is 1. The van der Waals surface area contributed by atoms with Gasteiger partial charge in [0.05, 0.1) is 5.41 Å². The van der Waals surface area contributed by atoms with Crippen LogP contribution in [-0.2, 0) is 10.2 Å². The zero-order valence-corrected chi connectivity index (χ0v) is 10.7. The first-order chi connectivity index (χ1) is 8.11. The van der Waals surface area contributed by atoms with Crippen molar-refractivity contribution in [1.82, 2.24) is 0 Å². The Labute approximate surface area is 107 Å². The number of carbonyl (C=O) groups is 1. The first-order valence-corrected chi connectivity index (χ1v) is 6.48. The van der Waals surface area contributed by atoms with Crippen LogP contribution in [0.1, 0.15) is 38.2 Å². The summed E-state index contributed by atoms with van der Waals surface area (Å²) in [6, 6.07) is 7.30. The molecule has 1 aliphatic carbocycles. The van der Waals surface area contributed by atoms with Gasteiger partial charge in [0, 0.05) is 5.02 Å². The maximum atomic E-state index is 11.7. The minimum Gasteiger partial charge on any atom is -0.481 e. The Kier molecular flexibility index (Phi) is 3.43. The predicted octanol–water partition coefficient (Wildman–Crippen LogP) is 3.87. The van der Waals surface area contributed by atoms with E-state index in [9.17, 15) is 9.90 Å². The monoisotopic (exact) mass is 252 g/mol. The molecule has 2 nitrogen and oxygen atoms in total. The summed E-state index contributed by atoms with van der Waals surface area (Å²) in [5.74, 6) is -0.453. The lowest BCUT2D eigenvalue weighted by Crippen LogP contribution is -2.39. The van der Waals surface area contributed by atoms with Crippen LogP contribution in [0, 0.1) is 5.92 Å². The van der Waals surface area contributed by atoms with E-state index in [-0.39, 0.29) is 5.92 Å². The van der Waals surface area contributed by atoms with Crippen LogP contribution in [0.3, 0.4) is 0 Å². The highest BCUT2D eigenvalue weighted by molar-refractivity contribution is 6.30. The van der Waals surface area contributed by atoms with Crippen LogP contribution in [0.5, 0.6) is 0 Å². The largest absolute Gasteiger partial charge is 0.481 e. The molecule has 0 heterocycles. The summed E-state index contributed by atoms with van der Waals surface area (Å²) in [6.07, 6.45) is 3.65. The second-order valence-electron chi connectivity index (χ2n) is 4.78. The molecule has 2 unspecified atom stereocenters. The number of carboxylic acid groups (broad SMARTS) is 1. The number of benzene rings is 1. The molecular formula is C14H17ClO2. The molecule has 0 aliphatic heterocycles. The fraction of sp³-hybridized carbons (Fsp3) is 0.500. The minimum atomic E-state index is -0.695. The van der Waals surface area contributed by atoms with Crippen molar-refractivity contribution in [3.8, 4) is 0 Å². The van der Waals surface area contributed by atoms with Crippen LogP contribution in [0.15, 0.2) is 24.3 Å². The van der Waals surface area contributed by atoms with Gasteiger partial charge in [-0.1, -0.05) is 43.5 Å². The number of carboxylic acids is 1. The lowest BCUT2D eigenvalue weighted by molar-refractivity contribution is -0.145. The molecule has 1 aromatic rings. The van der Waals surface area contributed by atoms with Gasteiger partial charge in [-0.25, -0.2) is 0 Å². The molecule has 1 saturated carbocycles. The maximum absolute atomic E-state index is 11.7. The Morgan fingerprint density at radius 1 is 1.47 bits per heavy atom. The number of hydrogen-bond acceptors (Lipinski definition) is 1. The molecule has 1 fully saturated rings. The van der Waals surface area contributed by atoms with Gasteiger partial charge < -0.3 is 5.11 Å². The van der Waals surface area contributed by atoms with Crippen molar-refractivity contribution in [2.45, 2.75) is 38.0 Å². The zero-order chi connectivity index (χ0) is 12.5. The Morgan fingerprint density at radius 2 is 2.12 bits per heavy atom. The molecular weight excluding hydrogens is 236 g/mol. The molecule has 0 saturated heterocycles. The third-order valence-electron chi connectivity index (χ3n) is 4.05. The van der Waals surface area contributed by atoms with Crippen LogP contribution in [0.4, 0.5) is 0 Å². The highest BCUT2D eigenvalue weighted by atomic mass is 35.5. The van der Waals surface area contributed by atoms with E-state index >= 15 is 0 Å². The SMILES string of the molecule is CCC1CCCC1(C(=O)O)c1ccc(Cl)cc1. The molecule has 0 amide bonds. The summed E-state index contributed by atoms with van der Waals surface area (Å²) in [5, 5.41) is 10.3. The maximum Gasteiger partial charge on any atom is 0.314 e. The predicted molar refractivity (Wildman–Crippen MR) is 68.4 cm³/mol. The fourth-order valence-electron chi connectivity index (χ4n) is 3.16. The third kappa shape index (κ3) is 1.95. The minimum absolute atomic E-state index is 0.237. The molecule has 0 bridgehead atoms. The topological polar surface area (TPSA) is 37.3 Å². The molecule has 1 aliphatic rings. The number of hydrogen-bond donors (Lipinski definition) is 1. The van der Waals surface area contributed by atoms with Crippen molar-refractivity contribution >= 4 is 17.6 Å². The average Bonchev–Trinajstić information content (AvgIpc) is 2.74. The van der Waals surface area contributed by atoms with Crippen molar-refractivity contribution < 1.29 is 9.90 Å². The van der Waals surface area contributed by atoms with E-state index in [1.54, 1.807) is 12.1 Å². The van der Waals surface area contributed by atoms with E-state index in [4.69, 9.17) is 11.6 Å². The number of halogens is 1. The molecule has 2 rings (SSSR count). The van der Waals surface area contributed by atoms with Crippen molar-refractivity contribution in [3.05, 3.63) is 34.9 Å². The molecule has 0 spiro atoms. The van der Waals surface area contributed by atoms with E-state index in [0.29, 0.717) is 5.02 Å². The summed E-state index contributed by atoms with van der Waals surface area (Å²) < 4.78 is 0. The smallest absolute Gasteiger partial charge is 0.314 e. The van der Waals surface area contributed by atoms with E-state index in [0.717, 1.165) is 31.2 Å². The average molecular weight is 253 g/mol. The Morgan fingerprint density at radius 3 is 2.65 bits per heavy atom. The molecule has 17 heavy (non-hydrogen) atoms. The first kappa shape index (κ1) is 12.4. The van der Waals surface area contributed by atoms with Gasteiger partial charge in [0.25, 0.3) is 0 Å². The first-order valence-electron chi connectivity index (χ1n) is 6.10. The van der Waals surface area contributed by atoms with Crippen molar-refractivity contribution in [2.24, 2.45) is 5.92 Å². The van der Waals surface area contributed by atoms with Crippen LogP contribution >= 0.6 is 11.6 Å². The van der Waals surface area contributed by atoms with Gasteiger partial charge >= 0.3 is 5.97 Å². The Bertz CT molecular complexity index is 413. The lowest BCUT2D eigenvalue weighted by Gasteiger charge is -2.31. The van der Waals surface area contributed by atoms with Gasteiger partial charge in [0.15, 0.2) is 0 Å². The standard InChI is InChI=1S/C14H17ClO2/c1-2-10-4-3-9-14(10,13(16)17)11-5-7-12(15)8-6-11/h5-8,10H,2-4,9H2,1H3,(H,16,17). The van der Waals surface area contributed by atoms with Crippen LogP contribution in [-0.4, -0.2) is 11.1 Å². The zero-order valence-electron chi connectivity index (χ0n) is 9.95. The fourth-order valence-corrected chi connectivity index (χ4v) is 3.29. The molecule has 2 atom stereocenters. The molecule has 92 valence electrons. The van der Waals surface area contributed by atoms with Gasteiger partial charge in [-0.05, 0) is 36.5 Å². The highest BCUT2D eigenvalue weighted by Gasteiger charge is 2.49. The summed E-state index contributed by atoms with van der Waals surface area (Å²) in [6.45, 7) is 2.07. The van der Waals surface area contributed by atoms with Crippen molar-refractivity contribution in [3.63, 3.8) is 0 Å². The quantitative estimate of drug-likeness (QED) is 0.887. The van der Waals surface area contributed by atoms with Gasteiger partial charge in [0.2, 0.25) is 0 Å². The van der Waals surface area contributed by atoms with E-state index < -0.39 is 11.4 Å². The van der Waals surface area contributed by atoms with Gasteiger partial charge in [-0.3, -0.25) is 4.79 Å². The van der Waals surface area contributed by atoms with Gasteiger partial charge in [-0.2, -0.15) is 0 Å². The van der Waals surface area contributed by atoms with Crippen LogP contribution in [0.25, 0.3) is 0 Å². The van der Waals surface area contributed by atoms with E-state index in [2.05, 4.69) is 6.92 Å². The Balaban J connectivity index is 2.48. The second kappa shape index (κ2) is 4.69. The molecule has 0 aromatic heterocycles. The summed E-state index contributed by atoms with van der Waals surface area (Å²) in [4.78, 5) is 11.7. The number of rotatable bonds is 3. The van der Waals surface area contributed by atoms with Crippen LogP contribution in [0.2, 0.25) is 5.02 Å². The van der Waals surface area contributed by atoms with E-state index in [1.165, 1.54) is 0 Å². The molecule has 1 aromatic carbocycles. The lowest BCUT2D eigenvalue weighted by atomic mass is 9.71. The summed E-state index contributed by atoms with van der Waals surface area (Å²) >= 11 is 5.87. The third-order valence-corrected chi connectivity index (χ3v) is 4.31. The van der Waals surface area contributed by atoms with Gasteiger partial charge in [-0.15, -0.1) is 0 Å². The highest BCUT2D eigenvalue weighted by Crippen LogP contribution is 2.47. The molecule has 1 N–H and O–H groups in total. The van der Waals surface area contributed by atoms with E-state index in [1.807, 2.05) is 12.1 Å². The van der Waals surface area contributed by atoms with Gasteiger partial charge in [0.1, 0.15) is 0 Å². The normalized spacial score (nSPS) is 28.2. The molecule has 3 heteroatoms.